The third kappa shape index (κ3) is 6.68. The van der Waals surface area contributed by atoms with Gasteiger partial charge >= 0.3 is 0 Å². The van der Waals surface area contributed by atoms with Crippen LogP contribution < -0.4 is 0 Å². The molecule has 0 saturated heterocycles. The van der Waals surface area contributed by atoms with Crippen molar-refractivity contribution in [3.8, 4) is 17.2 Å². The first-order valence-electron chi connectivity index (χ1n) is 12.4. The Morgan fingerprint density at radius 2 is 1.52 bits per heavy atom. The van der Waals surface area contributed by atoms with E-state index in [9.17, 15) is 5.26 Å². The summed E-state index contributed by atoms with van der Waals surface area (Å²) >= 11 is 0. The molecule has 1 aliphatic carbocycles. The van der Waals surface area contributed by atoms with Gasteiger partial charge < -0.3 is 5.11 Å². The van der Waals surface area contributed by atoms with Gasteiger partial charge in [0.25, 0.3) is 0 Å². The van der Waals surface area contributed by atoms with Crippen LogP contribution in [0.15, 0.2) is 48.5 Å². The van der Waals surface area contributed by atoms with Gasteiger partial charge in [-0.05, 0) is 66.7 Å². The summed E-state index contributed by atoms with van der Waals surface area (Å²) in [4.78, 5) is 0. The van der Waals surface area contributed by atoms with Crippen LogP contribution in [0.4, 0.5) is 0 Å². The van der Waals surface area contributed by atoms with Crippen LogP contribution in [0, 0.1) is 16.7 Å². The van der Waals surface area contributed by atoms with E-state index in [0.717, 1.165) is 51.4 Å². The van der Waals surface area contributed by atoms with Gasteiger partial charge in [0.1, 0.15) is 0 Å². The largest absolute Gasteiger partial charge is 0.396 e. The minimum Gasteiger partial charge on any atom is -0.396 e. The van der Waals surface area contributed by atoms with Crippen molar-refractivity contribution in [2.24, 2.45) is 5.41 Å². The molecule has 0 spiro atoms. The van der Waals surface area contributed by atoms with E-state index < -0.39 is 0 Å². The van der Waals surface area contributed by atoms with E-state index in [4.69, 9.17) is 5.11 Å². The zero-order chi connectivity index (χ0) is 21.9. The highest BCUT2D eigenvalue weighted by Gasteiger charge is 2.36. The third-order valence-corrected chi connectivity index (χ3v) is 7.22. The van der Waals surface area contributed by atoms with Crippen LogP contribution in [-0.2, 0) is 6.42 Å². The van der Waals surface area contributed by atoms with Crippen LogP contribution in [0.25, 0.3) is 11.1 Å². The number of hydrogen-bond acceptors (Lipinski definition) is 2. The predicted octanol–water partition coefficient (Wildman–Crippen LogP) is 7.81. The molecule has 2 aromatic carbocycles. The van der Waals surface area contributed by atoms with Gasteiger partial charge in [-0.15, -0.1) is 0 Å². The fourth-order valence-electron chi connectivity index (χ4n) is 5.19. The second kappa shape index (κ2) is 12.1. The number of aryl methyl sites for hydroxylation is 1. The van der Waals surface area contributed by atoms with Gasteiger partial charge in [-0.2, -0.15) is 5.26 Å². The van der Waals surface area contributed by atoms with Gasteiger partial charge in [-0.1, -0.05) is 94.0 Å². The molecule has 0 radical (unpaired) electrons. The monoisotopic (exact) mass is 417 g/mol. The molecule has 2 atom stereocenters. The standard InChI is InChI=1S/C29H39NO/c1-2-24-11-13-25(14-12-24)26-15-17-27(18-16-26)28-10-9-20-29(22-28,23-30)19-7-5-3-4-6-8-21-31/h11-18,28,31H,2-10,19-22H2,1H3. The van der Waals surface area contributed by atoms with Crippen molar-refractivity contribution in [3.63, 3.8) is 0 Å². The van der Waals surface area contributed by atoms with Gasteiger partial charge in [0.15, 0.2) is 0 Å². The van der Waals surface area contributed by atoms with Gasteiger partial charge in [-0.3, -0.25) is 0 Å². The molecular weight excluding hydrogens is 378 g/mol. The SMILES string of the molecule is CCc1ccc(-c2ccc(C3CCCC(C#N)(CCCCCCCCO)C3)cc2)cc1. The average molecular weight is 418 g/mol. The molecule has 31 heavy (non-hydrogen) atoms. The van der Waals surface area contributed by atoms with E-state index in [1.54, 1.807) is 0 Å². The Morgan fingerprint density at radius 3 is 2.13 bits per heavy atom. The third-order valence-electron chi connectivity index (χ3n) is 7.22. The molecule has 2 unspecified atom stereocenters. The number of unbranched alkanes of at least 4 members (excludes halogenated alkanes) is 5. The first kappa shape index (κ1) is 23.6. The van der Waals surface area contributed by atoms with E-state index >= 15 is 0 Å². The predicted molar refractivity (Wildman–Crippen MR) is 130 cm³/mol. The second-order valence-corrected chi connectivity index (χ2v) is 9.45. The highest BCUT2D eigenvalue weighted by Crippen LogP contribution is 2.46. The molecular formula is C29H39NO. The van der Waals surface area contributed by atoms with Gasteiger partial charge in [0, 0.05) is 6.61 Å². The summed E-state index contributed by atoms with van der Waals surface area (Å²) in [6, 6.07) is 20.7. The number of aliphatic hydroxyl groups is 1. The molecule has 0 bridgehead atoms. The Balaban J connectivity index is 1.56. The molecule has 1 N–H and O–H groups in total. The summed E-state index contributed by atoms with van der Waals surface area (Å²) in [5, 5.41) is 18.9. The lowest BCUT2D eigenvalue weighted by atomic mass is 9.66. The molecule has 1 fully saturated rings. The van der Waals surface area contributed by atoms with E-state index in [-0.39, 0.29) is 5.41 Å². The maximum absolute atomic E-state index is 10.0. The van der Waals surface area contributed by atoms with Crippen LogP contribution in [0.2, 0.25) is 0 Å². The lowest BCUT2D eigenvalue weighted by Crippen LogP contribution is -2.26. The van der Waals surface area contributed by atoms with Gasteiger partial charge in [-0.25, -0.2) is 0 Å². The molecule has 1 saturated carbocycles. The minimum atomic E-state index is -0.136. The Bertz CT molecular complexity index is 817. The van der Waals surface area contributed by atoms with E-state index in [2.05, 4.69) is 61.5 Å². The summed E-state index contributed by atoms with van der Waals surface area (Å²) in [6.07, 6.45) is 13.4. The maximum atomic E-state index is 10.0. The van der Waals surface area contributed by atoms with Crippen molar-refractivity contribution in [1.82, 2.24) is 0 Å². The molecule has 0 heterocycles. The fraction of sp³-hybridized carbons (Fsp3) is 0.552. The van der Waals surface area contributed by atoms with Crippen LogP contribution in [0.1, 0.15) is 94.6 Å². The number of rotatable bonds is 11. The summed E-state index contributed by atoms with van der Waals surface area (Å²) in [7, 11) is 0. The van der Waals surface area contributed by atoms with Crippen molar-refractivity contribution in [2.45, 2.75) is 89.9 Å². The number of nitrogens with zero attached hydrogens (tertiary/aromatic N) is 1. The number of aliphatic hydroxyl groups excluding tert-OH is 1. The van der Waals surface area contributed by atoms with E-state index in [0.29, 0.717) is 12.5 Å². The van der Waals surface area contributed by atoms with Crippen LogP contribution in [-0.4, -0.2) is 11.7 Å². The highest BCUT2D eigenvalue weighted by atomic mass is 16.2. The Kier molecular flexibility index (Phi) is 9.16. The van der Waals surface area contributed by atoms with Crippen LogP contribution >= 0.6 is 0 Å². The summed E-state index contributed by atoms with van der Waals surface area (Å²) in [5.74, 6) is 0.509. The molecule has 0 aromatic heterocycles. The first-order chi connectivity index (χ1) is 15.2. The normalized spacial score (nSPS) is 21.0. The molecule has 0 aliphatic heterocycles. The highest BCUT2D eigenvalue weighted by molar-refractivity contribution is 5.64. The Hall–Kier alpha value is -2.11. The van der Waals surface area contributed by atoms with Crippen molar-refractivity contribution in [2.75, 3.05) is 6.61 Å². The molecule has 2 nitrogen and oxygen atoms in total. The summed E-state index contributed by atoms with van der Waals surface area (Å²) in [5.41, 5.74) is 5.19. The maximum Gasteiger partial charge on any atom is 0.0689 e. The molecule has 0 amide bonds. The van der Waals surface area contributed by atoms with Crippen molar-refractivity contribution in [3.05, 3.63) is 59.7 Å². The first-order valence-corrected chi connectivity index (χ1v) is 12.4. The van der Waals surface area contributed by atoms with E-state index in [1.165, 1.54) is 47.9 Å². The molecule has 2 aromatic rings. The second-order valence-electron chi connectivity index (χ2n) is 9.45. The van der Waals surface area contributed by atoms with Crippen LogP contribution in [0.5, 0.6) is 0 Å². The molecule has 1 aliphatic rings. The lowest BCUT2D eigenvalue weighted by Gasteiger charge is -2.36. The zero-order valence-corrected chi connectivity index (χ0v) is 19.3. The van der Waals surface area contributed by atoms with Crippen molar-refractivity contribution in [1.29, 1.82) is 5.26 Å². The Morgan fingerprint density at radius 1 is 0.903 bits per heavy atom. The van der Waals surface area contributed by atoms with Gasteiger partial charge in [0.2, 0.25) is 0 Å². The molecule has 166 valence electrons. The quantitative estimate of drug-likeness (QED) is 0.379. The van der Waals surface area contributed by atoms with Gasteiger partial charge in [0.05, 0.1) is 11.5 Å². The number of hydrogen-bond donors (Lipinski definition) is 1. The zero-order valence-electron chi connectivity index (χ0n) is 19.3. The van der Waals surface area contributed by atoms with Crippen LogP contribution in [0.3, 0.4) is 0 Å². The van der Waals surface area contributed by atoms with Crippen molar-refractivity contribution >= 4 is 0 Å². The lowest BCUT2D eigenvalue weighted by molar-refractivity contribution is 0.218. The summed E-state index contributed by atoms with van der Waals surface area (Å²) < 4.78 is 0. The average Bonchev–Trinajstić information content (AvgIpc) is 2.84. The molecule has 2 heteroatoms. The molecule has 3 rings (SSSR count). The number of benzene rings is 2. The summed E-state index contributed by atoms with van der Waals surface area (Å²) in [6.45, 7) is 2.50. The minimum absolute atomic E-state index is 0.136. The smallest absolute Gasteiger partial charge is 0.0689 e. The topological polar surface area (TPSA) is 44.0 Å². The Labute approximate surface area is 189 Å². The number of nitriles is 1. The van der Waals surface area contributed by atoms with Crippen molar-refractivity contribution < 1.29 is 5.11 Å². The fourth-order valence-corrected chi connectivity index (χ4v) is 5.19. The van der Waals surface area contributed by atoms with E-state index in [1.807, 2.05) is 0 Å².